The zero-order chi connectivity index (χ0) is 23.8. The fraction of sp³-hybridized carbons (Fsp3) is 0.577. The number of carboxylic acids is 1. The second kappa shape index (κ2) is 9.31. The first-order chi connectivity index (χ1) is 16.4. The lowest BCUT2D eigenvalue weighted by atomic mass is 9.85. The maximum absolute atomic E-state index is 12.4. The molecular weight excluding hydrogens is 436 g/mol. The average molecular weight is 469 g/mol. The molecule has 2 aromatic rings. The predicted octanol–water partition coefficient (Wildman–Crippen LogP) is 4.90. The molecule has 0 saturated heterocycles. The van der Waals surface area contributed by atoms with Crippen molar-refractivity contribution < 1.29 is 28.7 Å². The predicted molar refractivity (Wildman–Crippen MR) is 123 cm³/mol. The number of carbonyl (C=O) groups is 2. The summed E-state index contributed by atoms with van der Waals surface area (Å²) in [6, 6.07) is 7.53. The van der Waals surface area contributed by atoms with Gasteiger partial charge in [0.2, 0.25) is 0 Å². The maximum atomic E-state index is 12.4. The molecule has 5 rings (SSSR count). The second-order valence-corrected chi connectivity index (χ2v) is 10.0. The van der Waals surface area contributed by atoms with Gasteiger partial charge in [-0.1, -0.05) is 11.6 Å². The molecule has 8 nitrogen and oxygen atoms in total. The van der Waals surface area contributed by atoms with Crippen molar-refractivity contribution in [2.24, 2.45) is 23.7 Å². The first-order valence-electron chi connectivity index (χ1n) is 12.3. The van der Waals surface area contributed by atoms with E-state index in [9.17, 15) is 14.7 Å². The van der Waals surface area contributed by atoms with Crippen LogP contribution in [-0.2, 0) is 16.1 Å². The second-order valence-electron chi connectivity index (χ2n) is 10.0. The van der Waals surface area contributed by atoms with Gasteiger partial charge in [-0.3, -0.25) is 4.79 Å². The van der Waals surface area contributed by atoms with Crippen LogP contribution in [0.1, 0.15) is 49.8 Å². The minimum atomic E-state index is -0.705. The maximum Gasteiger partial charge on any atom is 0.409 e. The van der Waals surface area contributed by atoms with Crippen LogP contribution in [0.5, 0.6) is 5.75 Å². The Morgan fingerprint density at radius 2 is 1.88 bits per heavy atom. The number of aliphatic carboxylic acids is 1. The number of hydrogen-bond donors (Lipinski definition) is 1. The normalized spacial score (nSPS) is 25.7. The Balaban J connectivity index is 1.21. The number of rotatable bonds is 8. The van der Waals surface area contributed by atoms with E-state index >= 15 is 0 Å². The minimum absolute atomic E-state index is 0.0508. The Bertz CT molecular complexity index is 1040. The number of nitrogens with zero attached hydrogens (tertiary/aromatic N) is 2. The Morgan fingerprint density at radius 1 is 1.15 bits per heavy atom. The van der Waals surface area contributed by atoms with Gasteiger partial charge in [0.15, 0.2) is 5.76 Å². The number of aromatic nitrogens is 1. The lowest BCUT2D eigenvalue weighted by molar-refractivity contribution is -0.139. The highest BCUT2D eigenvalue weighted by atomic mass is 16.6. The van der Waals surface area contributed by atoms with Gasteiger partial charge in [-0.05, 0) is 75.1 Å². The van der Waals surface area contributed by atoms with Crippen molar-refractivity contribution in [1.29, 1.82) is 0 Å². The number of carboxylic acid groups (broad SMARTS) is 1. The Kier molecular flexibility index (Phi) is 6.23. The molecule has 0 spiro atoms. The molecule has 3 aliphatic rings. The van der Waals surface area contributed by atoms with Crippen LogP contribution in [0.15, 0.2) is 28.8 Å². The summed E-state index contributed by atoms with van der Waals surface area (Å²) in [6.45, 7) is 2.66. The highest BCUT2D eigenvalue weighted by Crippen LogP contribution is 2.56. The molecule has 4 atom stereocenters. The van der Waals surface area contributed by atoms with E-state index in [1.807, 2.05) is 31.2 Å². The van der Waals surface area contributed by atoms with Crippen LogP contribution in [-0.4, -0.2) is 46.9 Å². The molecule has 1 N–H and O–H groups in total. The molecule has 1 heterocycles. The van der Waals surface area contributed by atoms with Crippen molar-refractivity contribution in [3.63, 3.8) is 0 Å². The Labute approximate surface area is 199 Å². The topological polar surface area (TPSA) is 102 Å². The van der Waals surface area contributed by atoms with E-state index in [0.717, 1.165) is 36.9 Å². The zero-order valence-corrected chi connectivity index (χ0v) is 19.7. The standard InChI is InChI=1S/C26H32N2O6/c1-15-20(14-32-26(31)28(2)13-16-5-3-6-16)24(34-27-15)17-9-11-18(12-10-17)33-21-8-4-7-19-22(21)23(19)25(29)30/h9-12,16,19,21-23H,3-8,13-14H2,1-2H3,(H,29,30). The average Bonchev–Trinajstić information content (AvgIpc) is 3.44. The number of carbonyl (C=O) groups excluding carboxylic acids is 1. The fourth-order valence-corrected chi connectivity index (χ4v) is 5.54. The molecule has 8 heteroatoms. The molecule has 1 amide bonds. The number of fused-ring (bicyclic) bond motifs is 1. The van der Waals surface area contributed by atoms with Gasteiger partial charge in [0.05, 0.1) is 17.2 Å². The third kappa shape index (κ3) is 4.50. The SMILES string of the molecule is Cc1noc(-c2ccc(OC3CCCC4C(C(=O)O)C34)cc2)c1COC(=O)N(C)CC1CCC1. The van der Waals surface area contributed by atoms with E-state index < -0.39 is 5.97 Å². The van der Waals surface area contributed by atoms with E-state index in [4.69, 9.17) is 14.0 Å². The summed E-state index contributed by atoms with van der Waals surface area (Å²) in [5, 5.41) is 13.5. The third-order valence-electron chi connectivity index (χ3n) is 7.77. The smallest absolute Gasteiger partial charge is 0.409 e. The van der Waals surface area contributed by atoms with E-state index in [1.54, 1.807) is 11.9 Å². The van der Waals surface area contributed by atoms with Gasteiger partial charge in [0.1, 0.15) is 18.5 Å². The summed E-state index contributed by atoms with van der Waals surface area (Å²) in [5.74, 6) is 1.28. The summed E-state index contributed by atoms with van der Waals surface area (Å²) in [6.07, 6.45) is 6.07. The minimum Gasteiger partial charge on any atom is -0.490 e. The molecular formula is C26H32N2O6. The van der Waals surface area contributed by atoms with Gasteiger partial charge in [-0.2, -0.15) is 0 Å². The van der Waals surface area contributed by atoms with E-state index in [1.165, 1.54) is 19.3 Å². The Hall–Kier alpha value is -3.03. The van der Waals surface area contributed by atoms with Crippen LogP contribution in [0, 0.1) is 30.6 Å². The van der Waals surface area contributed by atoms with E-state index in [-0.39, 0.29) is 36.6 Å². The van der Waals surface area contributed by atoms with Crippen molar-refractivity contribution in [1.82, 2.24) is 10.1 Å². The van der Waals surface area contributed by atoms with E-state index in [2.05, 4.69) is 5.16 Å². The van der Waals surface area contributed by atoms with Crippen LogP contribution in [0.3, 0.4) is 0 Å². The van der Waals surface area contributed by atoms with Gasteiger partial charge in [-0.25, -0.2) is 4.79 Å². The lowest BCUT2D eigenvalue weighted by Crippen LogP contribution is -2.34. The lowest BCUT2D eigenvalue weighted by Gasteiger charge is -2.29. The first kappa shape index (κ1) is 22.7. The van der Waals surface area contributed by atoms with E-state index in [0.29, 0.717) is 23.1 Å². The molecule has 3 fully saturated rings. The highest BCUT2D eigenvalue weighted by molar-refractivity contribution is 5.74. The quantitative estimate of drug-likeness (QED) is 0.588. The summed E-state index contributed by atoms with van der Waals surface area (Å²) in [7, 11) is 1.77. The van der Waals surface area contributed by atoms with Crippen molar-refractivity contribution in [3.05, 3.63) is 35.5 Å². The number of aryl methyl sites for hydroxylation is 1. The summed E-state index contributed by atoms with van der Waals surface area (Å²) in [4.78, 5) is 25.5. The van der Waals surface area contributed by atoms with Crippen LogP contribution in [0.2, 0.25) is 0 Å². The molecule has 1 aromatic carbocycles. The van der Waals surface area contributed by atoms with Gasteiger partial charge >= 0.3 is 12.1 Å². The summed E-state index contributed by atoms with van der Waals surface area (Å²) >= 11 is 0. The monoisotopic (exact) mass is 468 g/mol. The molecule has 0 aliphatic heterocycles. The number of ether oxygens (including phenoxy) is 2. The molecule has 0 bridgehead atoms. The molecule has 34 heavy (non-hydrogen) atoms. The van der Waals surface area contributed by atoms with Crippen molar-refractivity contribution >= 4 is 12.1 Å². The van der Waals surface area contributed by atoms with Gasteiger partial charge < -0.3 is 24.0 Å². The van der Waals surface area contributed by atoms with Crippen LogP contribution in [0.25, 0.3) is 11.3 Å². The van der Waals surface area contributed by atoms with Crippen molar-refractivity contribution in [2.75, 3.05) is 13.6 Å². The summed E-state index contributed by atoms with van der Waals surface area (Å²) in [5.41, 5.74) is 2.25. The van der Waals surface area contributed by atoms with Crippen LogP contribution < -0.4 is 4.74 Å². The number of hydrogen-bond acceptors (Lipinski definition) is 6. The summed E-state index contributed by atoms with van der Waals surface area (Å²) < 4.78 is 17.3. The van der Waals surface area contributed by atoms with Crippen LogP contribution >= 0.6 is 0 Å². The first-order valence-corrected chi connectivity index (χ1v) is 12.3. The molecule has 3 saturated carbocycles. The van der Waals surface area contributed by atoms with Gasteiger partial charge in [0, 0.05) is 25.1 Å². The zero-order valence-electron chi connectivity index (χ0n) is 19.7. The molecule has 0 radical (unpaired) electrons. The highest BCUT2D eigenvalue weighted by Gasteiger charge is 2.60. The molecule has 3 aliphatic carbocycles. The number of benzene rings is 1. The largest absolute Gasteiger partial charge is 0.490 e. The fourth-order valence-electron chi connectivity index (χ4n) is 5.54. The van der Waals surface area contributed by atoms with Gasteiger partial charge in [0.25, 0.3) is 0 Å². The molecule has 1 aromatic heterocycles. The Morgan fingerprint density at radius 3 is 2.56 bits per heavy atom. The van der Waals surface area contributed by atoms with Crippen molar-refractivity contribution in [2.45, 2.75) is 58.2 Å². The van der Waals surface area contributed by atoms with Crippen molar-refractivity contribution in [3.8, 4) is 17.1 Å². The molecule has 182 valence electrons. The van der Waals surface area contributed by atoms with Gasteiger partial charge in [-0.15, -0.1) is 0 Å². The molecule has 4 unspecified atom stereocenters. The number of amides is 1. The van der Waals surface area contributed by atoms with Crippen LogP contribution in [0.4, 0.5) is 4.79 Å². The third-order valence-corrected chi connectivity index (χ3v) is 7.77.